The summed E-state index contributed by atoms with van der Waals surface area (Å²) in [6.45, 7) is 21.3. The molecular weight excluding hydrogens is 184 g/mol. The lowest BCUT2D eigenvalue weighted by molar-refractivity contribution is 0.738. The summed E-state index contributed by atoms with van der Waals surface area (Å²) in [7, 11) is -1.24. The summed E-state index contributed by atoms with van der Waals surface area (Å²) in [5, 5.41) is 0. The van der Waals surface area contributed by atoms with Crippen LogP contribution in [0.3, 0.4) is 0 Å². The van der Waals surface area contributed by atoms with Crippen LogP contribution in [0.25, 0.3) is 0 Å². The Morgan fingerprint density at radius 2 is 1.14 bits per heavy atom. The van der Waals surface area contributed by atoms with E-state index >= 15 is 0 Å². The van der Waals surface area contributed by atoms with E-state index in [2.05, 4.69) is 55.4 Å². The Bertz CT molecular complexity index is 137. The fourth-order valence-corrected chi connectivity index (χ4v) is 11.3. The second kappa shape index (κ2) is 5.34. The van der Waals surface area contributed by atoms with Gasteiger partial charge in [-0.15, -0.1) is 0 Å². The molecule has 0 aliphatic heterocycles. The van der Waals surface area contributed by atoms with Crippen molar-refractivity contribution in [1.82, 2.24) is 0 Å². The van der Waals surface area contributed by atoms with Crippen molar-refractivity contribution in [1.29, 1.82) is 0 Å². The predicted molar refractivity (Wildman–Crippen MR) is 70.4 cm³/mol. The number of hydrogen-bond donors (Lipinski definition) is 0. The van der Waals surface area contributed by atoms with Crippen LogP contribution in [0, 0.1) is 6.92 Å². The van der Waals surface area contributed by atoms with Gasteiger partial charge < -0.3 is 0 Å². The second-order valence-electron chi connectivity index (χ2n) is 5.57. The summed E-state index contributed by atoms with van der Waals surface area (Å²) in [6.07, 6.45) is 1.25. The molecule has 0 bridgehead atoms. The van der Waals surface area contributed by atoms with E-state index in [1.54, 1.807) is 0 Å². The molecule has 0 saturated heterocycles. The van der Waals surface area contributed by atoms with Gasteiger partial charge in [0.05, 0.1) is 8.07 Å². The van der Waals surface area contributed by atoms with Crippen molar-refractivity contribution < 1.29 is 0 Å². The van der Waals surface area contributed by atoms with Gasteiger partial charge >= 0.3 is 0 Å². The van der Waals surface area contributed by atoms with Crippen molar-refractivity contribution in [2.24, 2.45) is 0 Å². The van der Waals surface area contributed by atoms with Gasteiger partial charge in [-0.2, -0.15) is 0 Å². The molecule has 1 unspecified atom stereocenters. The van der Waals surface area contributed by atoms with Crippen molar-refractivity contribution in [3.05, 3.63) is 6.92 Å². The molecule has 0 spiro atoms. The number of hydrogen-bond acceptors (Lipinski definition) is 0. The maximum absolute atomic E-state index is 4.45. The standard InChI is InChI=1S/C13H29Si/c1-9-13(8)14(10(2)3,11(4)5)12(6)7/h10-13H,8-9H2,1-7H3. The van der Waals surface area contributed by atoms with Gasteiger partial charge in [0, 0.05) is 0 Å². The molecule has 0 heterocycles. The average molecular weight is 213 g/mol. The SMILES string of the molecule is [CH2]C(CC)[Si](C(C)C)(C(C)C)C(C)C. The lowest BCUT2D eigenvalue weighted by atomic mass is 10.4. The van der Waals surface area contributed by atoms with E-state index in [-0.39, 0.29) is 0 Å². The van der Waals surface area contributed by atoms with Crippen LogP contribution in [0.5, 0.6) is 0 Å². The number of rotatable bonds is 5. The summed E-state index contributed by atoms with van der Waals surface area (Å²) in [5.41, 5.74) is 3.27. The minimum Gasteiger partial charge on any atom is -0.0654 e. The fourth-order valence-electron chi connectivity index (χ4n) is 3.77. The molecule has 0 rings (SSSR count). The van der Waals surface area contributed by atoms with Crippen LogP contribution in [-0.4, -0.2) is 8.07 Å². The van der Waals surface area contributed by atoms with E-state index in [1.807, 2.05) is 0 Å². The predicted octanol–water partition coefficient (Wildman–Crippen LogP) is 5.28. The van der Waals surface area contributed by atoms with Gasteiger partial charge in [-0.05, 0) is 5.54 Å². The Morgan fingerprint density at radius 1 is 0.857 bits per heavy atom. The first-order valence-corrected chi connectivity index (χ1v) is 8.45. The van der Waals surface area contributed by atoms with E-state index in [4.69, 9.17) is 0 Å². The molecule has 0 aliphatic carbocycles. The molecule has 0 fully saturated rings. The van der Waals surface area contributed by atoms with E-state index in [9.17, 15) is 0 Å². The van der Waals surface area contributed by atoms with Gasteiger partial charge in [-0.1, -0.05) is 78.4 Å². The van der Waals surface area contributed by atoms with Crippen LogP contribution >= 0.6 is 0 Å². The van der Waals surface area contributed by atoms with E-state index in [1.165, 1.54) is 6.42 Å². The van der Waals surface area contributed by atoms with Crippen LogP contribution in [0.1, 0.15) is 54.9 Å². The highest BCUT2D eigenvalue weighted by Gasteiger charge is 2.45. The quantitative estimate of drug-likeness (QED) is 0.545. The van der Waals surface area contributed by atoms with Crippen molar-refractivity contribution in [2.75, 3.05) is 0 Å². The first-order valence-electron chi connectivity index (χ1n) is 6.14. The molecule has 1 heteroatoms. The normalized spacial score (nSPS) is 15.6. The molecular formula is C13H29Si. The molecule has 0 nitrogen and oxygen atoms in total. The molecule has 85 valence electrons. The van der Waals surface area contributed by atoms with Crippen LogP contribution < -0.4 is 0 Å². The third kappa shape index (κ3) is 2.24. The van der Waals surface area contributed by atoms with Crippen LogP contribution in [0.15, 0.2) is 0 Å². The van der Waals surface area contributed by atoms with Crippen LogP contribution in [0.4, 0.5) is 0 Å². The lowest BCUT2D eigenvalue weighted by Crippen LogP contribution is -2.47. The third-order valence-electron chi connectivity index (χ3n) is 4.20. The summed E-state index contributed by atoms with van der Waals surface area (Å²) >= 11 is 0. The Morgan fingerprint density at radius 3 is 1.21 bits per heavy atom. The summed E-state index contributed by atoms with van der Waals surface area (Å²) in [4.78, 5) is 0. The van der Waals surface area contributed by atoms with E-state index in [0.717, 1.165) is 16.6 Å². The van der Waals surface area contributed by atoms with E-state index < -0.39 is 8.07 Å². The van der Waals surface area contributed by atoms with Crippen molar-refractivity contribution in [3.63, 3.8) is 0 Å². The van der Waals surface area contributed by atoms with Crippen molar-refractivity contribution >= 4 is 8.07 Å². The molecule has 0 aliphatic rings. The Balaban J connectivity index is 5.16. The summed E-state index contributed by atoms with van der Waals surface area (Å²) in [6, 6.07) is 0. The minimum absolute atomic E-state index is 0.711. The first-order chi connectivity index (χ1) is 6.31. The zero-order chi connectivity index (χ0) is 11.5. The molecule has 0 N–H and O–H groups in total. The molecule has 1 radical (unpaired) electrons. The van der Waals surface area contributed by atoms with Crippen molar-refractivity contribution in [2.45, 2.75) is 77.1 Å². The highest BCUT2D eigenvalue weighted by atomic mass is 28.3. The summed E-state index contributed by atoms with van der Waals surface area (Å²) in [5.74, 6) is 0. The molecule has 0 saturated carbocycles. The Labute approximate surface area is 92.5 Å². The van der Waals surface area contributed by atoms with Gasteiger partial charge in [-0.3, -0.25) is 0 Å². The molecule has 0 aromatic heterocycles. The largest absolute Gasteiger partial charge is 0.0654 e. The smallest absolute Gasteiger partial charge is 0.0643 e. The molecule has 0 amide bonds. The maximum atomic E-state index is 4.45. The monoisotopic (exact) mass is 213 g/mol. The van der Waals surface area contributed by atoms with Crippen molar-refractivity contribution in [3.8, 4) is 0 Å². The van der Waals surface area contributed by atoms with Gasteiger partial charge in [0.25, 0.3) is 0 Å². The van der Waals surface area contributed by atoms with Gasteiger partial charge in [0.1, 0.15) is 0 Å². The minimum atomic E-state index is -1.24. The Hall–Kier alpha value is 0.217. The Kier molecular flexibility index (Phi) is 5.42. The van der Waals surface area contributed by atoms with E-state index in [0.29, 0.717) is 5.54 Å². The van der Waals surface area contributed by atoms with Gasteiger partial charge in [0.2, 0.25) is 0 Å². The fraction of sp³-hybridized carbons (Fsp3) is 0.923. The molecule has 0 aromatic rings. The maximum Gasteiger partial charge on any atom is 0.0643 e. The second-order valence-corrected chi connectivity index (χ2v) is 11.8. The zero-order valence-electron chi connectivity index (χ0n) is 11.2. The van der Waals surface area contributed by atoms with Gasteiger partial charge in [-0.25, -0.2) is 0 Å². The molecule has 0 aromatic carbocycles. The third-order valence-corrected chi connectivity index (χ3v) is 12.0. The van der Waals surface area contributed by atoms with Crippen LogP contribution in [-0.2, 0) is 0 Å². The first kappa shape index (κ1) is 14.2. The lowest BCUT2D eigenvalue weighted by Gasteiger charge is -2.47. The van der Waals surface area contributed by atoms with Crippen LogP contribution in [0.2, 0.25) is 22.2 Å². The average Bonchev–Trinajstić information content (AvgIpc) is 2.02. The topological polar surface area (TPSA) is 0 Å². The molecule has 14 heavy (non-hydrogen) atoms. The van der Waals surface area contributed by atoms with Gasteiger partial charge in [0.15, 0.2) is 0 Å². The highest BCUT2D eigenvalue weighted by molar-refractivity contribution is 6.85. The molecule has 1 atom stereocenters. The highest BCUT2D eigenvalue weighted by Crippen LogP contribution is 2.49. The summed E-state index contributed by atoms with van der Waals surface area (Å²) < 4.78 is 0. The zero-order valence-corrected chi connectivity index (χ0v) is 12.2.